The first kappa shape index (κ1) is 30.7. The van der Waals surface area contributed by atoms with Crippen LogP contribution in [0, 0.1) is 0 Å². The highest BCUT2D eigenvalue weighted by atomic mass is 15.0. The van der Waals surface area contributed by atoms with Crippen molar-refractivity contribution in [2.45, 2.75) is 25.2 Å². The Bertz CT molecular complexity index is 3230. The molecule has 12 rings (SSSR count). The van der Waals surface area contributed by atoms with Gasteiger partial charge in [0.25, 0.3) is 0 Å². The van der Waals surface area contributed by atoms with E-state index in [-0.39, 0.29) is 11.3 Å². The Labute approximate surface area is 320 Å². The van der Waals surface area contributed by atoms with Gasteiger partial charge in [0.05, 0.1) is 16.7 Å². The molecule has 1 aromatic heterocycles. The molecule has 10 aromatic rings. The molecule has 0 saturated carbocycles. The van der Waals surface area contributed by atoms with Gasteiger partial charge in [-0.25, -0.2) is 0 Å². The molecule has 1 heterocycles. The molecule has 1 nitrogen and oxygen atoms in total. The van der Waals surface area contributed by atoms with Gasteiger partial charge >= 0.3 is 0 Å². The minimum absolute atomic E-state index is 0.0837. The van der Waals surface area contributed by atoms with Crippen LogP contribution in [0.3, 0.4) is 0 Å². The predicted molar refractivity (Wildman–Crippen MR) is 232 cm³/mol. The third-order valence-corrected chi connectivity index (χ3v) is 12.9. The Balaban J connectivity index is 1.09. The number of aromatic nitrogens is 1. The average Bonchev–Trinajstić information content (AvgIpc) is 3.81. The van der Waals surface area contributed by atoms with E-state index in [4.69, 9.17) is 0 Å². The number of fused-ring (bicyclic) bond motifs is 11. The number of hydrogen-bond acceptors (Lipinski definition) is 0. The molecule has 1 heteroatoms. The summed E-state index contributed by atoms with van der Waals surface area (Å²) in [7, 11) is 0. The SMILES string of the molecule is CC1(C)c2ccccc2-c2cc3c(cc21)c1cc(-c2ccc4c(c2)-c2ccccc2C4c2cccc4ccccc24)ccc1n3-c1cccc2ccccc12. The summed E-state index contributed by atoms with van der Waals surface area (Å²) in [5.74, 6) is 0.196. The molecule has 0 amide bonds. The van der Waals surface area contributed by atoms with Crippen molar-refractivity contribution in [2.75, 3.05) is 0 Å². The predicted octanol–water partition coefficient (Wildman–Crippen LogP) is 14.2. The van der Waals surface area contributed by atoms with Crippen LogP contribution in [0.2, 0.25) is 0 Å². The standard InChI is InChI=1S/C54H37N/c1-54(2)48-23-10-9-20-40(48)45-32-52-47(31-49(45)54)46-30-36(26-28-51(46)55(52)50-24-12-16-34-14-4-6-18-38(34)50)35-25-27-43-44(29-35)39-19-7-8-21-42(39)53(43)41-22-11-15-33-13-3-5-17-37(33)41/h3-32,53H,1-2H3. The van der Waals surface area contributed by atoms with Crippen LogP contribution < -0.4 is 0 Å². The topological polar surface area (TPSA) is 4.93 Å². The number of benzene rings is 9. The van der Waals surface area contributed by atoms with E-state index in [0.29, 0.717) is 0 Å². The number of rotatable bonds is 3. The summed E-state index contributed by atoms with van der Waals surface area (Å²) in [5, 5.41) is 7.70. The lowest BCUT2D eigenvalue weighted by atomic mass is 9.82. The van der Waals surface area contributed by atoms with Crippen molar-refractivity contribution in [3.8, 4) is 39.1 Å². The van der Waals surface area contributed by atoms with Crippen LogP contribution in [0.25, 0.3) is 82.4 Å². The van der Waals surface area contributed by atoms with Gasteiger partial charge in [0, 0.05) is 27.5 Å². The van der Waals surface area contributed by atoms with Crippen molar-refractivity contribution in [2.24, 2.45) is 0 Å². The zero-order valence-electron chi connectivity index (χ0n) is 30.8. The maximum atomic E-state index is 2.51. The van der Waals surface area contributed by atoms with E-state index >= 15 is 0 Å². The normalized spacial score (nSPS) is 15.1. The van der Waals surface area contributed by atoms with Crippen molar-refractivity contribution >= 4 is 43.4 Å². The summed E-state index contributed by atoms with van der Waals surface area (Å²) < 4.78 is 2.51. The van der Waals surface area contributed by atoms with Crippen molar-refractivity contribution < 1.29 is 0 Å². The molecular weight excluding hydrogens is 663 g/mol. The van der Waals surface area contributed by atoms with E-state index in [9.17, 15) is 0 Å². The first-order valence-corrected chi connectivity index (χ1v) is 19.5. The molecular formula is C54H37N. The summed E-state index contributed by atoms with van der Waals surface area (Å²) in [6, 6.07) is 68.4. The van der Waals surface area contributed by atoms with Crippen molar-refractivity contribution in [1.82, 2.24) is 4.57 Å². The summed E-state index contributed by atoms with van der Waals surface area (Å²) in [5.41, 5.74) is 18.4. The maximum Gasteiger partial charge on any atom is 0.0547 e. The average molecular weight is 700 g/mol. The monoisotopic (exact) mass is 699 g/mol. The maximum absolute atomic E-state index is 2.51. The Morgan fingerprint density at radius 2 is 1.00 bits per heavy atom. The van der Waals surface area contributed by atoms with Gasteiger partial charge in [0.1, 0.15) is 0 Å². The molecule has 1 atom stereocenters. The van der Waals surface area contributed by atoms with Gasteiger partial charge in [-0.1, -0.05) is 159 Å². The Hall–Kier alpha value is -6.70. The molecule has 0 spiro atoms. The van der Waals surface area contributed by atoms with E-state index in [2.05, 4.69) is 200 Å². The van der Waals surface area contributed by atoms with E-state index in [0.717, 1.165) is 0 Å². The molecule has 2 aliphatic carbocycles. The molecule has 0 aliphatic heterocycles. The van der Waals surface area contributed by atoms with Gasteiger partial charge in [-0.2, -0.15) is 0 Å². The van der Waals surface area contributed by atoms with Crippen LogP contribution in [-0.4, -0.2) is 4.57 Å². The zero-order chi connectivity index (χ0) is 36.4. The van der Waals surface area contributed by atoms with Crippen LogP contribution in [-0.2, 0) is 5.41 Å². The number of nitrogens with zero attached hydrogens (tertiary/aromatic N) is 1. The molecule has 0 saturated heterocycles. The van der Waals surface area contributed by atoms with E-state index in [1.54, 1.807) is 0 Å². The Kier molecular flexibility index (Phi) is 6.24. The lowest BCUT2D eigenvalue weighted by molar-refractivity contribution is 0.661. The summed E-state index contributed by atoms with van der Waals surface area (Å²) in [6.45, 7) is 4.76. The third-order valence-electron chi connectivity index (χ3n) is 12.9. The molecule has 0 N–H and O–H groups in total. The minimum Gasteiger partial charge on any atom is -0.309 e. The first-order valence-electron chi connectivity index (χ1n) is 19.5. The lowest BCUT2D eigenvalue weighted by Crippen LogP contribution is -2.14. The highest BCUT2D eigenvalue weighted by molar-refractivity contribution is 6.13. The van der Waals surface area contributed by atoms with Crippen LogP contribution in [0.1, 0.15) is 47.6 Å². The molecule has 1 unspecified atom stereocenters. The zero-order valence-corrected chi connectivity index (χ0v) is 30.8. The molecule has 0 bridgehead atoms. The van der Waals surface area contributed by atoms with Crippen molar-refractivity contribution in [3.63, 3.8) is 0 Å². The summed E-state index contributed by atoms with van der Waals surface area (Å²) in [4.78, 5) is 0. The fourth-order valence-electron chi connectivity index (χ4n) is 10.3. The largest absolute Gasteiger partial charge is 0.309 e. The van der Waals surface area contributed by atoms with Gasteiger partial charge in [0.15, 0.2) is 0 Å². The van der Waals surface area contributed by atoms with Gasteiger partial charge in [-0.15, -0.1) is 0 Å². The molecule has 0 radical (unpaired) electrons. The van der Waals surface area contributed by atoms with Crippen LogP contribution in [0.15, 0.2) is 182 Å². The lowest BCUT2D eigenvalue weighted by Gasteiger charge is -2.21. The van der Waals surface area contributed by atoms with Gasteiger partial charge in [-0.3, -0.25) is 0 Å². The summed E-state index contributed by atoms with van der Waals surface area (Å²) >= 11 is 0. The molecule has 55 heavy (non-hydrogen) atoms. The second-order valence-corrected chi connectivity index (χ2v) is 16.0. The summed E-state index contributed by atoms with van der Waals surface area (Å²) in [6.07, 6.45) is 0. The Morgan fingerprint density at radius 3 is 1.87 bits per heavy atom. The van der Waals surface area contributed by atoms with Gasteiger partial charge in [0.2, 0.25) is 0 Å². The van der Waals surface area contributed by atoms with Crippen LogP contribution in [0.4, 0.5) is 0 Å². The Morgan fingerprint density at radius 1 is 0.382 bits per heavy atom. The number of hydrogen-bond donors (Lipinski definition) is 0. The van der Waals surface area contributed by atoms with E-state index in [1.807, 2.05) is 0 Å². The fraction of sp³-hybridized carbons (Fsp3) is 0.0741. The smallest absolute Gasteiger partial charge is 0.0547 e. The second kappa shape index (κ2) is 11.2. The quantitative estimate of drug-likeness (QED) is 0.173. The van der Waals surface area contributed by atoms with Gasteiger partial charge in [-0.05, 0) is 114 Å². The molecule has 258 valence electrons. The first-order chi connectivity index (χ1) is 27.0. The fourth-order valence-corrected chi connectivity index (χ4v) is 10.3. The third kappa shape index (κ3) is 4.24. The van der Waals surface area contributed by atoms with Crippen LogP contribution >= 0.6 is 0 Å². The molecule has 2 aliphatic rings. The van der Waals surface area contributed by atoms with Crippen molar-refractivity contribution in [1.29, 1.82) is 0 Å². The van der Waals surface area contributed by atoms with Gasteiger partial charge < -0.3 is 4.57 Å². The highest BCUT2D eigenvalue weighted by Crippen LogP contribution is 2.53. The van der Waals surface area contributed by atoms with E-state index in [1.165, 1.54) is 110 Å². The molecule has 0 fully saturated rings. The van der Waals surface area contributed by atoms with Crippen LogP contribution in [0.5, 0.6) is 0 Å². The second-order valence-electron chi connectivity index (χ2n) is 16.0. The molecule has 9 aromatic carbocycles. The minimum atomic E-state index is -0.0837. The highest BCUT2D eigenvalue weighted by Gasteiger charge is 2.36. The van der Waals surface area contributed by atoms with E-state index < -0.39 is 0 Å². The van der Waals surface area contributed by atoms with Crippen molar-refractivity contribution in [3.05, 3.63) is 210 Å².